The Hall–Kier alpha value is -2.82. The van der Waals surface area contributed by atoms with Gasteiger partial charge in [-0.1, -0.05) is 37.3 Å². The number of H-pyrrole nitrogens is 1. The first kappa shape index (κ1) is 17.0. The molecule has 1 amide bonds. The van der Waals surface area contributed by atoms with Gasteiger partial charge in [0.05, 0.1) is 17.4 Å². The van der Waals surface area contributed by atoms with Crippen LogP contribution in [0.1, 0.15) is 43.7 Å². The predicted octanol–water partition coefficient (Wildman–Crippen LogP) is 3.72. The van der Waals surface area contributed by atoms with Gasteiger partial charge in [0.15, 0.2) is 0 Å². The normalized spacial score (nSPS) is 13.8. The monoisotopic (exact) mass is 337 g/mol. The molecule has 0 saturated carbocycles. The summed E-state index contributed by atoms with van der Waals surface area (Å²) >= 11 is 0. The van der Waals surface area contributed by atoms with Crippen LogP contribution in [0.15, 0.2) is 48.8 Å². The molecular formula is C20H23N3O2. The number of nitrogens with two attached hydrogens (primary N) is 1. The van der Waals surface area contributed by atoms with Crippen molar-refractivity contribution in [3.8, 4) is 5.75 Å². The zero-order valence-electron chi connectivity index (χ0n) is 14.7. The smallest absolute Gasteiger partial charge is 0.225 e. The number of aromatic amines is 1. The molecule has 2 aromatic heterocycles. The van der Waals surface area contributed by atoms with Crippen molar-refractivity contribution in [1.29, 1.82) is 0 Å². The summed E-state index contributed by atoms with van der Waals surface area (Å²) in [6, 6.07) is 11.7. The van der Waals surface area contributed by atoms with Crippen molar-refractivity contribution in [3.63, 3.8) is 0 Å². The number of pyridine rings is 1. The fourth-order valence-electron chi connectivity index (χ4n) is 3.27. The molecular weight excluding hydrogens is 314 g/mol. The molecule has 3 rings (SSSR count). The number of hydrogen-bond donors (Lipinski definition) is 2. The van der Waals surface area contributed by atoms with E-state index in [-0.39, 0.29) is 17.9 Å². The Kier molecular flexibility index (Phi) is 4.74. The van der Waals surface area contributed by atoms with Crippen molar-refractivity contribution in [2.24, 2.45) is 5.73 Å². The minimum absolute atomic E-state index is 0.0203. The quantitative estimate of drug-likeness (QED) is 0.719. The van der Waals surface area contributed by atoms with Crippen LogP contribution in [-0.2, 0) is 4.79 Å². The van der Waals surface area contributed by atoms with E-state index >= 15 is 0 Å². The van der Waals surface area contributed by atoms with Crippen LogP contribution in [0.3, 0.4) is 0 Å². The number of benzene rings is 1. The fourth-order valence-corrected chi connectivity index (χ4v) is 3.27. The number of ether oxygens (including phenoxy) is 1. The largest absolute Gasteiger partial charge is 0.490 e. The Morgan fingerprint density at radius 3 is 2.52 bits per heavy atom. The number of carbonyl (C=O) groups is 1. The molecule has 3 aromatic rings. The number of aromatic nitrogens is 2. The highest BCUT2D eigenvalue weighted by Crippen LogP contribution is 2.39. The average molecular weight is 337 g/mol. The van der Waals surface area contributed by atoms with Gasteiger partial charge in [-0.25, -0.2) is 4.98 Å². The second kappa shape index (κ2) is 6.97. The summed E-state index contributed by atoms with van der Waals surface area (Å²) in [5, 5.41) is 0.822. The van der Waals surface area contributed by atoms with Gasteiger partial charge in [-0.3, -0.25) is 4.79 Å². The standard InChI is InChI=1S/C20H23N3O2/c1-12(2)25-16-9-10-22-20-18(16)15(11-23-20)17(19(21)24)13(3)14-7-5-4-6-8-14/h4-13,17H,1-3H3,(H2,21,24)(H,22,23). The van der Waals surface area contributed by atoms with E-state index in [1.807, 2.05) is 63.4 Å². The van der Waals surface area contributed by atoms with Gasteiger partial charge in [0.1, 0.15) is 11.4 Å². The Bertz CT molecular complexity index is 871. The van der Waals surface area contributed by atoms with E-state index < -0.39 is 5.92 Å². The van der Waals surface area contributed by atoms with Crippen LogP contribution in [0, 0.1) is 0 Å². The lowest BCUT2D eigenvalue weighted by Crippen LogP contribution is -2.25. The third-order valence-corrected chi connectivity index (χ3v) is 4.40. The van der Waals surface area contributed by atoms with Crippen LogP contribution in [0.25, 0.3) is 11.0 Å². The van der Waals surface area contributed by atoms with E-state index in [2.05, 4.69) is 9.97 Å². The minimum Gasteiger partial charge on any atom is -0.490 e. The number of nitrogens with one attached hydrogen (secondary N) is 1. The molecule has 0 bridgehead atoms. The molecule has 2 unspecified atom stereocenters. The predicted molar refractivity (Wildman–Crippen MR) is 98.7 cm³/mol. The van der Waals surface area contributed by atoms with Gasteiger partial charge in [-0.15, -0.1) is 0 Å². The minimum atomic E-state index is -0.477. The number of fused-ring (bicyclic) bond motifs is 1. The summed E-state index contributed by atoms with van der Waals surface area (Å²) in [5.41, 5.74) is 8.38. The first-order valence-corrected chi connectivity index (χ1v) is 8.46. The molecule has 0 fully saturated rings. The summed E-state index contributed by atoms with van der Waals surface area (Å²) in [6.45, 7) is 5.95. The second-order valence-electron chi connectivity index (χ2n) is 6.52. The van der Waals surface area contributed by atoms with Crippen LogP contribution < -0.4 is 10.5 Å². The van der Waals surface area contributed by atoms with Crippen LogP contribution in [-0.4, -0.2) is 22.0 Å². The number of carbonyl (C=O) groups excluding carboxylic acids is 1. The molecule has 0 saturated heterocycles. The van der Waals surface area contributed by atoms with E-state index in [0.29, 0.717) is 11.4 Å². The molecule has 0 aliphatic rings. The molecule has 0 radical (unpaired) electrons. The van der Waals surface area contributed by atoms with Crippen LogP contribution in [0.5, 0.6) is 5.75 Å². The summed E-state index contributed by atoms with van der Waals surface area (Å²) in [6.07, 6.45) is 3.53. The van der Waals surface area contributed by atoms with E-state index in [4.69, 9.17) is 10.5 Å². The lowest BCUT2D eigenvalue weighted by molar-refractivity contribution is -0.119. The SMILES string of the molecule is CC(C)Oc1ccnc2[nH]cc(C(C(N)=O)C(C)c3ccccc3)c12. The fraction of sp³-hybridized carbons (Fsp3) is 0.300. The van der Waals surface area contributed by atoms with Gasteiger partial charge in [0.2, 0.25) is 5.91 Å². The maximum Gasteiger partial charge on any atom is 0.225 e. The van der Waals surface area contributed by atoms with Crippen molar-refractivity contribution in [1.82, 2.24) is 9.97 Å². The molecule has 5 nitrogen and oxygen atoms in total. The molecule has 2 heterocycles. The first-order chi connectivity index (χ1) is 12.0. The van der Waals surface area contributed by atoms with E-state index in [0.717, 1.165) is 16.5 Å². The molecule has 1 aromatic carbocycles. The van der Waals surface area contributed by atoms with Crippen molar-refractivity contribution in [2.45, 2.75) is 38.7 Å². The molecule has 2 atom stereocenters. The van der Waals surface area contributed by atoms with E-state index in [1.54, 1.807) is 6.20 Å². The van der Waals surface area contributed by atoms with Gasteiger partial charge in [0.25, 0.3) is 0 Å². The van der Waals surface area contributed by atoms with E-state index in [1.165, 1.54) is 0 Å². The Labute approximate surface area is 147 Å². The van der Waals surface area contributed by atoms with Crippen LogP contribution in [0.2, 0.25) is 0 Å². The topological polar surface area (TPSA) is 81.0 Å². The molecule has 0 aliphatic heterocycles. The second-order valence-corrected chi connectivity index (χ2v) is 6.52. The lowest BCUT2D eigenvalue weighted by Gasteiger charge is -2.22. The molecule has 25 heavy (non-hydrogen) atoms. The van der Waals surface area contributed by atoms with Crippen molar-refractivity contribution in [3.05, 3.63) is 59.9 Å². The van der Waals surface area contributed by atoms with Crippen molar-refractivity contribution < 1.29 is 9.53 Å². The molecule has 5 heteroatoms. The van der Waals surface area contributed by atoms with Gasteiger partial charge in [0, 0.05) is 12.4 Å². The van der Waals surface area contributed by atoms with Gasteiger partial charge in [-0.2, -0.15) is 0 Å². The number of primary amides is 1. The number of amides is 1. The lowest BCUT2D eigenvalue weighted by atomic mass is 9.82. The van der Waals surface area contributed by atoms with E-state index in [9.17, 15) is 4.79 Å². The molecule has 0 aliphatic carbocycles. The summed E-state index contributed by atoms with van der Waals surface area (Å²) in [7, 11) is 0. The summed E-state index contributed by atoms with van der Waals surface area (Å²) in [4.78, 5) is 19.8. The Balaban J connectivity index is 2.13. The molecule has 3 N–H and O–H groups in total. The third kappa shape index (κ3) is 3.36. The summed E-state index contributed by atoms with van der Waals surface area (Å²) in [5.74, 6) is -0.195. The number of nitrogens with zero attached hydrogens (tertiary/aromatic N) is 1. The van der Waals surface area contributed by atoms with Gasteiger partial charge >= 0.3 is 0 Å². The molecule has 130 valence electrons. The number of hydrogen-bond acceptors (Lipinski definition) is 3. The van der Waals surface area contributed by atoms with Crippen molar-refractivity contribution >= 4 is 16.9 Å². The maximum absolute atomic E-state index is 12.3. The Morgan fingerprint density at radius 2 is 1.88 bits per heavy atom. The zero-order chi connectivity index (χ0) is 18.0. The molecule has 0 spiro atoms. The zero-order valence-corrected chi connectivity index (χ0v) is 14.7. The van der Waals surface area contributed by atoms with Gasteiger partial charge in [-0.05, 0) is 37.0 Å². The summed E-state index contributed by atoms with van der Waals surface area (Å²) < 4.78 is 5.93. The van der Waals surface area contributed by atoms with Crippen LogP contribution in [0.4, 0.5) is 0 Å². The van der Waals surface area contributed by atoms with Gasteiger partial charge < -0.3 is 15.5 Å². The maximum atomic E-state index is 12.3. The van der Waals surface area contributed by atoms with Crippen LogP contribution >= 0.6 is 0 Å². The van der Waals surface area contributed by atoms with Crippen molar-refractivity contribution in [2.75, 3.05) is 0 Å². The third-order valence-electron chi connectivity index (χ3n) is 4.40. The highest BCUT2D eigenvalue weighted by molar-refractivity contribution is 5.93. The first-order valence-electron chi connectivity index (χ1n) is 8.46. The number of rotatable bonds is 6. The average Bonchev–Trinajstić information content (AvgIpc) is 3.00. The highest BCUT2D eigenvalue weighted by atomic mass is 16.5. The Morgan fingerprint density at radius 1 is 1.16 bits per heavy atom. The highest BCUT2D eigenvalue weighted by Gasteiger charge is 2.30.